The van der Waals surface area contributed by atoms with Crippen molar-refractivity contribution >= 4 is 40.6 Å². The van der Waals surface area contributed by atoms with Gasteiger partial charge in [-0.15, -0.1) is 0 Å². The van der Waals surface area contributed by atoms with Crippen LogP contribution in [0.4, 0.5) is 24.5 Å². The van der Waals surface area contributed by atoms with Gasteiger partial charge in [0.2, 0.25) is 5.91 Å². The summed E-state index contributed by atoms with van der Waals surface area (Å²) >= 11 is 5.66. The van der Waals surface area contributed by atoms with Crippen molar-refractivity contribution in [1.29, 1.82) is 0 Å². The number of rotatable bonds is 6. The molecule has 0 spiro atoms. The zero-order chi connectivity index (χ0) is 23.6. The lowest BCUT2D eigenvalue weighted by Gasteiger charge is -2.33. The summed E-state index contributed by atoms with van der Waals surface area (Å²) in [6.45, 7) is 2.78. The summed E-state index contributed by atoms with van der Waals surface area (Å²) in [7, 11) is 0. The van der Waals surface area contributed by atoms with Gasteiger partial charge in [0.25, 0.3) is 5.91 Å². The third-order valence-electron chi connectivity index (χ3n) is 4.83. The number of halogens is 4. The lowest BCUT2D eigenvalue weighted by atomic mass is 10.0. The second-order valence-corrected chi connectivity index (χ2v) is 7.71. The van der Waals surface area contributed by atoms with Crippen LogP contribution in [0.1, 0.15) is 42.6 Å². The molecule has 2 aromatic carbocycles. The van der Waals surface area contributed by atoms with Crippen LogP contribution >= 0.6 is 11.6 Å². The first-order valence-corrected chi connectivity index (χ1v) is 10.2. The Balaban J connectivity index is 1.89. The van der Waals surface area contributed by atoms with Gasteiger partial charge in [0.1, 0.15) is 12.3 Å². The van der Waals surface area contributed by atoms with Crippen molar-refractivity contribution in [2.24, 2.45) is 0 Å². The number of benzene rings is 2. The Labute approximate surface area is 187 Å². The fraction of sp³-hybridized carbons (Fsp3) is 0.318. The number of fused-ring (bicyclic) bond motifs is 1. The lowest BCUT2D eigenvalue weighted by Crippen LogP contribution is -2.47. The molecule has 2 aromatic rings. The van der Waals surface area contributed by atoms with Gasteiger partial charge in [-0.25, -0.2) is 0 Å². The van der Waals surface area contributed by atoms with E-state index in [0.717, 1.165) is 11.0 Å². The first kappa shape index (κ1) is 23.6. The fourth-order valence-corrected chi connectivity index (χ4v) is 3.48. The van der Waals surface area contributed by atoms with E-state index in [0.29, 0.717) is 30.2 Å². The fourth-order valence-electron chi connectivity index (χ4n) is 3.31. The molecule has 1 atom stereocenters. The van der Waals surface area contributed by atoms with Gasteiger partial charge in [-0.1, -0.05) is 18.5 Å². The van der Waals surface area contributed by atoms with Gasteiger partial charge < -0.3 is 10.1 Å². The topological polar surface area (TPSA) is 75.7 Å². The Bertz CT molecular complexity index is 1070. The number of ketones is 1. The highest BCUT2D eigenvalue weighted by Crippen LogP contribution is 2.37. The molecule has 0 saturated heterocycles. The molecular weight excluding hydrogens is 449 g/mol. The Morgan fingerprint density at radius 2 is 1.91 bits per heavy atom. The molecule has 0 fully saturated rings. The summed E-state index contributed by atoms with van der Waals surface area (Å²) in [4.78, 5) is 38.7. The molecule has 0 saturated carbocycles. The van der Waals surface area contributed by atoms with E-state index in [4.69, 9.17) is 16.3 Å². The Morgan fingerprint density at radius 3 is 2.56 bits per heavy atom. The molecule has 1 aliphatic heterocycles. The predicted octanol–water partition coefficient (Wildman–Crippen LogP) is 5.09. The van der Waals surface area contributed by atoms with Crippen LogP contribution in [0.15, 0.2) is 36.4 Å². The summed E-state index contributed by atoms with van der Waals surface area (Å²) in [6.07, 6.45) is -4.70. The minimum atomic E-state index is -4.74. The molecule has 0 aliphatic carbocycles. The molecule has 1 aliphatic rings. The Morgan fingerprint density at radius 1 is 1.19 bits per heavy atom. The molecule has 0 radical (unpaired) electrons. The molecule has 3 rings (SSSR count). The molecule has 1 N–H and O–H groups in total. The van der Waals surface area contributed by atoms with Crippen LogP contribution in [0.3, 0.4) is 0 Å². The molecule has 6 nitrogen and oxygen atoms in total. The molecule has 0 aromatic heterocycles. The number of Topliss-reactive ketones (excluding diaryl/α,β-unsaturated/α-hetero) is 1. The summed E-state index contributed by atoms with van der Waals surface area (Å²) < 4.78 is 45.5. The number of carbonyl (C=O) groups is 3. The molecule has 0 bridgehead atoms. The monoisotopic (exact) mass is 468 g/mol. The van der Waals surface area contributed by atoms with Crippen LogP contribution in [-0.2, 0) is 15.8 Å². The molecule has 1 heterocycles. The highest BCUT2D eigenvalue weighted by molar-refractivity contribution is 6.30. The molecular formula is C22H20ClF3N2O4. The highest BCUT2D eigenvalue weighted by atomic mass is 35.5. The van der Waals surface area contributed by atoms with Crippen LogP contribution in [-0.4, -0.2) is 30.2 Å². The number of hydrogen-bond acceptors (Lipinski definition) is 4. The number of nitrogens with zero attached hydrogens (tertiary/aromatic N) is 1. The first-order chi connectivity index (χ1) is 15.0. The number of ether oxygens (including phenoxy) is 1. The van der Waals surface area contributed by atoms with Gasteiger partial charge in [-0.2, -0.15) is 13.2 Å². The third-order valence-corrected chi connectivity index (χ3v) is 5.06. The number of alkyl halides is 3. The van der Waals surface area contributed by atoms with Crippen molar-refractivity contribution in [2.75, 3.05) is 16.8 Å². The van der Waals surface area contributed by atoms with Crippen molar-refractivity contribution in [1.82, 2.24) is 0 Å². The van der Waals surface area contributed by atoms with E-state index in [9.17, 15) is 27.6 Å². The zero-order valence-electron chi connectivity index (χ0n) is 17.3. The largest absolute Gasteiger partial charge is 0.479 e. The average Bonchev–Trinajstić information content (AvgIpc) is 2.72. The van der Waals surface area contributed by atoms with Crippen LogP contribution < -0.4 is 15.0 Å². The van der Waals surface area contributed by atoms with Crippen LogP contribution in [0, 0.1) is 0 Å². The van der Waals surface area contributed by atoms with Gasteiger partial charge in [0.05, 0.1) is 16.9 Å². The predicted molar refractivity (Wildman–Crippen MR) is 113 cm³/mol. The zero-order valence-corrected chi connectivity index (χ0v) is 18.0. The Kier molecular flexibility index (Phi) is 6.78. The highest BCUT2D eigenvalue weighted by Gasteiger charge is 2.36. The number of anilines is 2. The van der Waals surface area contributed by atoms with Crippen molar-refractivity contribution in [3.8, 4) is 5.75 Å². The van der Waals surface area contributed by atoms with Crippen molar-refractivity contribution in [3.05, 3.63) is 52.5 Å². The third kappa shape index (κ3) is 5.04. The minimum absolute atomic E-state index is 0.134. The maximum Gasteiger partial charge on any atom is 0.418 e. The average molecular weight is 469 g/mol. The van der Waals surface area contributed by atoms with Gasteiger partial charge in [-0.05, 0) is 49.7 Å². The maximum atomic E-state index is 13.3. The van der Waals surface area contributed by atoms with E-state index in [1.807, 2.05) is 6.92 Å². The minimum Gasteiger partial charge on any atom is -0.479 e. The van der Waals surface area contributed by atoms with E-state index in [2.05, 4.69) is 5.32 Å². The second-order valence-electron chi connectivity index (χ2n) is 7.28. The van der Waals surface area contributed by atoms with E-state index >= 15 is 0 Å². The van der Waals surface area contributed by atoms with E-state index in [-0.39, 0.29) is 16.5 Å². The summed E-state index contributed by atoms with van der Waals surface area (Å²) in [5, 5.41) is 2.06. The normalized spacial score (nSPS) is 15.8. The number of carbonyl (C=O) groups excluding carboxylic acids is 3. The van der Waals surface area contributed by atoms with Crippen molar-refractivity contribution in [3.63, 3.8) is 0 Å². The maximum absolute atomic E-state index is 13.3. The van der Waals surface area contributed by atoms with Gasteiger partial charge in [0.15, 0.2) is 11.9 Å². The standard InChI is InChI=1S/C22H20ClF3N2O4/c1-3-4-18(29)13-5-8-19-17(9-13)28(21(31)12(2)32-19)11-20(30)27-16-7-6-14(23)10-15(16)22(24,25)26/h5-10,12H,3-4,11H2,1-2H3,(H,27,30). The number of hydrogen-bond donors (Lipinski definition) is 1. The smallest absolute Gasteiger partial charge is 0.418 e. The van der Waals surface area contributed by atoms with Crippen LogP contribution in [0.5, 0.6) is 5.75 Å². The molecule has 1 unspecified atom stereocenters. The van der Waals surface area contributed by atoms with Gasteiger partial charge in [0, 0.05) is 17.0 Å². The van der Waals surface area contributed by atoms with E-state index in [1.165, 1.54) is 25.1 Å². The SMILES string of the molecule is CCCC(=O)c1ccc2c(c1)N(CC(=O)Nc1ccc(Cl)cc1C(F)(F)F)C(=O)C(C)O2. The Hall–Kier alpha value is -3.07. The van der Waals surface area contributed by atoms with Crippen LogP contribution in [0.2, 0.25) is 5.02 Å². The first-order valence-electron chi connectivity index (χ1n) is 9.83. The molecule has 2 amide bonds. The van der Waals surface area contributed by atoms with Crippen molar-refractivity contribution in [2.45, 2.75) is 39.0 Å². The number of nitrogens with one attached hydrogen (secondary N) is 1. The molecule has 32 heavy (non-hydrogen) atoms. The van der Waals surface area contributed by atoms with Gasteiger partial charge >= 0.3 is 6.18 Å². The number of amides is 2. The van der Waals surface area contributed by atoms with Crippen LogP contribution in [0.25, 0.3) is 0 Å². The summed E-state index contributed by atoms with van der Waals surface area (Å²) in [5.41, 5.74) is -1.03. The van der Waals surface area contributed by atoms with Gasteiger partial charge in [-0.3, -0.25) is 19.3 Å². The van der Waals surface area contributed by atoms with E-state index in [1.54, 1.807) is 6.07 Å². The summed E-state index contributed by atoms with van der Waals surface area (Å²) in [6, 6.07) is 7.53. The lowest BCUT2D eigenvalue weighted by molar-refractivity contribution is -0.137. The van der Waals surface area contributed by atoms with E-state index < -0.39 is 41.9 Å². The molecule has 170 valence electrons. The van der Waals surface area contributed by atoms with Crippen molar-refractivity contribution < 1.29 is 32.3 Å². The summed E-state index contributed by atoms with van der Waals surface area (Å²) in [5.74, 6) is -1.25. The quantitative estimate of drug-likeness (QED) is 0.599. The molecule has 10 heteroatoms. The second kappa shape index (κ2) is 9.20.